The monoisotopic (exact) mass is 280 g/mol. The van der Waals surface area contributed by atoms with Crippen LogP contribution in [0.5, 0.6) is 0 Å². The lowest BCUT2D eigenvalue weighted by atomic mass is 10.1. The van der Waals surface area contributed by atoms with Crippen LogP contribution in [0.15, 0.2) is 12.4 Å². The van der Waals surface area contributed by atoms with Crippen LogP contribution in [0, 0.1) is 0 Å². The van der Waals surface area contributed by atoms with E-state index in [0.717, 1.165) is 13.0 Å². The quantitative estimate of drug-likeness (QED) is 0.459. The SMILES string of the molecule is CCCCCCCCc1n(CC)cc[n+]1CCC(=O)[O-]. The molecular weight excluding hydrogens is 252 g/mol. The maximum Gasteiger partial charge on any atom is 0.256 e. The van der Waals surface area contributed by atoms with Crippen LogP contribution in [0.4, 0.5) is 0 Å². The molecule has 0 amide bonds. The highest BCUT2D eigenvalue weighted by molar-refractivity contribution is 5.63. The molecule has 0 aliphatic heterocycles. The van der Waals surface area contributed by atoms with Crippen LogP contribution in [0.25, 0.3) is 0 Å². The lowest BCUT2D eigenvalue weighted by Crippen LogP contribution is -2.40. The van der Waals surface area contributed by atoms with Crippen LogP contribution >= 0.6 is 0 Å². The van der Waals surface area contributed by atoms with Crippen molar-refractivity contribution in [3.8, 4) is 0 Å². The maximum absolute atomic E-state index is 10.6. The molecule has 114 valence electrons. The van der Waals surface area contributed by atoms with Crippen LogP contribution in [-0.4, -0.2) is 10.5 Å². The molecule has 1 heterocycles. The maximum atomic E-state index is 10.6. The fourth-order valence-corrected chi connectivity index (χ4v) is 2.55. The van der Waals surface area contributed by atoms with Crippen LogP contribution < -0.4 is 9.67 Å². The molecule has 0 aliphatic rings. The standard InChI is InChI=1S/C16H28N2O2/c1-3-5-6-7-8-9-10-15-17(4-2)13-14-18(15)12-11-16(19)20/h13-14H,3-12H2,1-2H3. The van der Waals surface area contributed by atoms with E-state index >= 15 is 0 Å². The molecule has 0 fully saturated rings. The van der Waals surface area contributed by atoms with Gasteiger partial charge in [-0.2, -0.15) is 0 Å². The molecule has 0 aliphatic carbocycles. The number of carboxylic acid groups (broad SMARTS) is 1. The van der Waals surface area contributed by atoms with Crippen molar-refractivity contribution < 1.29 is 14.5 Å². The molecule has 0 aromatic carbocycles. The van der Waals surface area contributed by atoms with E-state index in [1.165, 1.54) is 44.3 Å². The first-order valence-corrected chi connectivity index (χ1v) is 7.96. The predicted molar refractivity (Wildman–Crippen MR) is 77.0 cm³/mol. The number of aryl methyl sites for hydroxylation is 2. The van der Waals surface area contributed by atoms with Crippen molar-refractivity contribution in [1.82, 2.24) is 4.57 Å². The van der Waals surface area contributed by atoms with Crippen LogP contribution in [-0.2, 0) is 24.3 Å². The van der Waals surface area contributed by atoms with Gasteiger partial charge in [0.2, 0.25) is 0 Å². The van der Waals surface area contributed by atoms with Gasteiger partial charge in [0.05, 0.1) is 13.1 Å². The summed E-state index contributed by atoms with van der Waals surface area (Å²) in [6, 6.07) is 0. The zero-order valence-electron chi connectivity index (χ0n) is 12.9. The number of hydrogen-bond acceptors (Lipinski definition) is 2. The highest BCUT2D eigenvalue weighted by Gasteiger charge is 2.15. The van der Waals surface area contributed by atoms with E-state index in [1.54, 1.807) is 0 Å². The predicted octanol–water partition coefficient (Wildman–Crippen LogP) is 1.84. The van der Waals surface area contributed by atoms with Crippen molar-refractivity contribution in [3.63, 3.8) is 0 Å². The lowest BCUT2D eigenvalue weighted by Gasteiger charge is -2.05. The van der Waals surface area contributed by atoms with Crippen LogP contribution in [0.1, 0.15) is 64.6 Å². The third kappa shape index (κ3) is 5.76. The van der Waals surface area contributed by atoms with E-state index in [1.807, 2.05) is 12.4 Å². The summed E-state index contributed by atoms with van der Waals surface area (Å²) in [5.41, 5.74) is 0. The molecule has 0 unspecified atom stereocenters. The van der Waals surface area contributed by atoms with Gasteiger partial charge < -0.3 is 9.90 Å². The number of unbranched alkanes of at least 4 members (excludes halogenated alkanes) is 5. The molecule has 1 aromatic heterocycles. The van der Waals surface area contributed by atoms with Crippen LogP contribution in [0.2, 0.25) is 0 Å². The number of nitrogens with zero attached hydrogens (tertiary/aromatic N) is 2. The molecule has 0 saturated carbocycles. The summed E-state index contributed by atoms with van der Waals surface area (Å²) in [7, 11) is 0. The van der Waals surface area contributed by atoms with Crippen molar-refractivity contribution in [2.24, 2.45) is 0 Å². The van der Waals surface area contributed by atoms with E-state index in [2.05, 4.69) is 23.0 Å². The molecule has 4 heteroatoms. The second kappa shape index (κ2) is 9.56. The average molecular weight is 280 g/mol. The number of aromatic nitrogens is 2. The van der Waals surface area contributed by atoms with E-state index < -0.39 is 5.97 Å². The number of carboxylic acids is 1. The van der Waals surface area contributed by atoms with E-state index in [9.17, 15) is 9.90 Å². The van der Waals surface area contributed by atoms with Crippen molar-refractivity contribution in [2.45, 2.75) is 78.3 Å². The van der Waals surface area contributed by atoms with E-state index in [0.29, 0.717) is 6.54 Å². The molecule has 0 radical (unpaired) electrons. The molecule has 1 aromatic rings. The minimum atomic E-state index is -0.979. The molecule has 0 atom stereocenters. The number of rotatable bonds is 11. The average Bonchev–Trinajstić information content (AvgIpc) is 2.82. The summed E-state index contributed by atoms with van der Waals surface area (Å²) in [4.78, 5) is 10.6. The molecule has 0 saturated heterocycles. The van der Waals surface area contributed by atoms with Gasteiger partial charge in [-0.25, -0.2) is 9.13 Å². The summed E-state index contributed by atoms with van der Waals surface area (Å²) in [6.45, 7) is 5.80. The van der Waals surface area contributed by atoms with Gasteiger partial charge >= 0.3 is 0 Å². The first-order chi connectivity index (χ1) is 9.69. The number of hydrogen-bond donors (Lipinski definition) is 0. The van der Waals surface area contributed by atoms with Crippen molar-refractivity contribution in [1.29, 1.82) is 0 Å². The Kier molecular flexibility index (Phi) is 8.00. The highest BCUT2D eigenvalue weighted by Crippen LogP contribution is 2.08. The Morgan fingerprint density at radius 1 is 1.20 bits per heavy atom. The molecule has 0 bridgehead atoms. The molecule has 4 nitrogen and oxygen atoms in total. The fourth-order valence-electron chi connectivity index (χ4n) is 2.55. The van der Waals surface area contributed by atoms with Gasteiger partial charge in [-0.3, -0.25) is 0 Å². The number of imidazole rings is 1. The second-order valence-corrected chi connectivity index (χ2v) is 5.33. The smallest absolute Gasteiger partial charge is 0.256 e. The zero-order valence-corrected chi connectivity index (χ0v) is 12.9. The first-order valence-electron chi connectivity index (χ1n) is 7.96. The highest BCUT2D eigenvalue weighted by atomic mass is 16.4. The third-order valence-corrected chi connectivity index (χ3v) is 3.74. The summed E-state index contributed by atoms with van der Waals surface area (Å²) in [5.74, 6) is 0.261. The Balaban J connectivity index is 2.44. The second-order valence-electron chi connectivity index (χ2n) is 5.33. The van der Waals surface area contributed by atoms with Gasteiger partial charge in [-0.15, -0.1) is 0 Å². The topological polar surface area (TPSA) is 48.9 Å². The van der Waals surface area contributed by atoms with Crippen LogP contribution in [0.3, 0.4) is 0 Å². The fraction of sp³-hybridized carbons (Fsp3) is 0.750. The molecule has 0 spiro atoms. The van der Waals surface area contributed by atoms with E-state index in [-0.39, 0.29) is 6.42 Å². The lowest BCUT2D eigenvalue weighted by molar-refractivity contribution is -0.703. The Morgan fingerprint density at radius 3 is 2.55 bits per heavy atom. The number of carbonyl (C=O) groups excluding carboxylic acids is 1. The number of aliphatic carboxylic acids is 1. The van der Waals surface area contributed by atoms with Gasteiger partial charge in [-0.1, -0.05) is 39.0 Å². The molecule has 0 N–H and O–H groups in total. The van der Waals surface area contributed by atoms with Gasteiger partial charge in [0.1, 0.15) is 12.4 Å². The summed E-state index contributed by atoms with van der Waals surface area (Å²) >= 11 is 0. The zero-order chi connectivity index (χ0) is 14.8. The van der Waals surface area contributed by atoms with Crippen molar-refractivity contribution in [2.75, 3.05) is 0 Å². The Hall–Kier alpha value is -1.32. The molecule has 1 rings (SSSR count). The summed E-state index contributed by atoms with van der Waals surface area (Å²) < 4.78 is 4.27. The summed E-state index contributed by atoms with van der Waals surface area (Å²) in [6.07, 6.45) is 12.8. The van der Waals surface area contributed by atoms with Gasteiger partial charge in [0.15, 0.2) is 0 Å². The van der Waals surface area contributed by atoms with Crippen molar-refractivity contribution in [3.05, 3.63) is 18.2 Å². The number of carbonyl (C=O) groups is 1. The Labute approximate surface area is 122 Å². The minimum Gasteiger partial charge on any atom is -0.550 e. The normalized spacial score (nSPS) is 10.9. The Bertz CT molecular complexity index is 399. The molecule has 20 heavy (non-hydrogen) atoms. The van der Waals surface area contributed by atoms with Crippen molar-refractivity contribution >= 4 is 5.97 Å². The first kappa shape index (κ1) is 16.7. The largest absolute Gasteiger partial charge is 0.550 e. The van der Waals surface area contributed by atoms with Gasteiger partial charge in [0, 0.05) is 18.8 Å². The molecular formula is C16H28N2O2. The van der Waals surface area contributed by atoms with E-state index in [4.69, 9.17) is 0 Å². The summed E-state index contributed by atoms with van der Waals surface area (Å²) in [5, 5.41) is 10.6. The minimum absolute atomic E-state index is 0.0852. The van der Waals surface area contributed by atoms with Gasteiger partial charge in [0.25, 0.3) is 5.82 Å². The third-order valence-electron chi connectivity index (χ3n) is 3.74. The van der Waals surface area contributed by atoms with Gasteiger partial charge in [-0.05, 0) is 13.3 Å². The Morgan fingerprint density at radius 2 is 1.90 bits per heavy atom.